The van der Waals surface area contributed by atoms with E-state index < -0.39 is 11.5 Å². The summed E-state index contributed by atoms with van der Waals surface area (Å²) in [6.07, 6.45) is 7.92. The van der Waals surface area contributed by atoms with Crippen molar-refractivity contribution in [1.82, 2.24) is 4.90 Å². The summed E-state index contributed by atoms with van der Waals surface area (Å²) in [6.45, 7) is 12.6. The molecule has 4 heteroatoms. The van der Waals surface area contributed by atoms with E-state index in [0.717, 1.165) is 29.8 Å². The van der Waals surface area contributed by atoms with Gasteiger partial charge in [0, 0.05) is 13.1 Å². The van der Waals surface area contributed by atoms with Crippen molar-refractivity contribution >= 4 is 30.3 Å². The number of hydrogen-bond acceptors (Lipinski definition) is 3. The summed E-state index contributed by atoms with van der Waals surface area (Å²) in [5.74, 6) is -0.504. The largest absolute Gasteiger partial charge is 0.385 e. The molecule has 1 saturated heterocycles. The van der Waals surface area contributed by atoms with Crippen LogP contribution in [0.4, 0.5) is 0 Å². The maximum Gasteiger partial charge on any atom is 0.163 e. The summed E-state index contributed by atoms with van der Waals surface area (Å²) in [7, 11) is 0. The van der Waals surface area contributed by atoms with Gasteiger partial charge >= 0.3 is 0 Å². The Morgan fingerprint density at radius 1 is 1.03 bits per heavy atom. The first-order valence-corrected chi connectivity index (χ1v) is 11.2. The number of allylic oxidation sites excluding steroid dienone is 1. The van der Waals surface area contributed by atoms with Crippen molar-refractivity contribution in [2.45, 2.75) is 46.6 Å². The summed E-state index contributed by atoms with van der Waals surface area (Å²) in [5.41, 5.74) is 5.71. The first-order chi connectivity index (χ1) is 14.7. The van der Waals surface area contributed by atoms with Gasteiger partial charge < -0.3 is 10.0 Å². The van der Waals surface area contributed by atoms with Crippen LogP contribution in [0, 0.1) is 33.6 Å². The fourth-order valence-electron chi connectivity index (χ4n) is 4.39. The second-order valence-electron chi connectivity index (χ2n) is 8.98. The van der Waals surface area contributed by atoms with E-state index in [-0.39, 0.29) is 18.2 Å². The lowest BCUT2D eigenvalue weighted by molar-refractivity contribution is -0.129. The molecule has 1 aliphatic rings. The smallest absolute Gasteiger partial charge is 0.163 e. The number of aliphatic hydroxyl groups is 1. The minimum atomic E-state index is -1.15. The highest BCUT2D eigenvalue weighted by molar-refractivity contribution is 5.97. The van der Waals surface area contributed by atoms with Crippen LogP contribution >= 0.6 is 12.4 Å². The third-order valence-electron chi connectivity index (χ3n) is 6.49. The molecule has 1 heterocycles. The minimum Gasteiger partial charge on any atom is -0.385 e. The molecule has 0 amide bonds. The van der Waals surface area contributed by atoms with Crippen molar-refractivity contribution in [3.05, 3.63) is 81.9 Å². The Hall–Kier alpha value is -2.20. The Labute approximate surface area is 199 Å². The van der Waals surface area contributed by atoms with Crippen molar-refractivity contribution in [3.63, 3.8) is 0 Å². The van der Waals surface area contributed by atoms with Gasteiger partial charge in [-0.3, -0.25) is 4.79 Å². The van der Waals surface area contributed by atoms with Gasteiger partial charge in [-0.1, -0.05) is 72.7 Å². The molecule has 32 heavy (non-hydrogen) atoms. The van der Waals surface area contributed by atoms with Crippen LogP contribution in [0.15, 0.2) is 48.6 Å². The molecule has 2 unspecified atom stereocenters. The van der Waals surface area contributed by atoms with Crippen LogP contribution in [0.25, 0.3) is 12.2 Å². The quantitative estimate of drug-likeness (QED) is 0.569. The molecule has 0 aliphatic carbocycles. The van der Waals surface area contributed by atoms with Crippen molar-refractivity contribution in [1.29, 1.82) is 0 Å². The number of likely N-dealkylation sites (tertiary alicyclic amines) is 1. The zero-order chi connectivity index (χ0) is 22.6. The van der Waals surface area contributed by atoms with Crippen molar-refractivity contribution < 1.29 is 9.90 Å². The number of ketones is 1. The second kappa shape index (κ2) is 11.1. The first-order valence-electron chi connectivity index (χ1n) is 11.2. The Kier molecular flexibility index (Phi) is 9.03. The molecule has 3 rings (SSSR count). The number of hydrogen-bond donors (Lipinski definition) is 1. The van der Waals surface area contributed by atoms with Gasteiger partial charge in [-0.2, -0.15) is 0 Å². The van der Waals surface area contributed by atoms with Crippen LogP contribution < -0.4 is 0 Å². The van der Waals surface area contributed by atoms with E-state index in [0.29, 0.717) is 13.0 Å². The molecule has 3 nitrogen and oxygen atoms in total. The Balaban J connectivity index is 0.00000363. The summed E-state index contributed by atoms with van der Waals surface area (Å²) < 4.78 is 0. The normalized spacial score (nSPS) is 21.8. The number of carbonyl (C=O) groups is 1. The maximum atomic E-state index is 13.2. The van der Waals surface area contributed by atoms with Crippen LogP contribution in [-0.2, 0) is 4.79 Å². The number of halogens is 1. The predicted molar refractivity (Wildman–Crippen MR) is 137 cm³/mol. The number of piperidine rings is 1. The number of aryl methyl sites for hydroxylation is 4. The lowest BCUT2D eigenvalue weighted by Gasteiger charge is -2.41. The number of benzene rings is 2. The number of carbonyl (C=O) groups excluding carboxylic acids is 1. The first kappa shape index (κ1) is 26.1. The fraction of sp³-hybridized carbons (Fsp3) is 0.393. The SMILES string of the molecule is CCN1CCC(O)(/C=C/c2ccc(C)cc2C)C(C(=O)/C=C/c2ccc(C)cc2C)C1.Cl. The van der Waals surface area contributed by atoms with Crippen LogP contribution in [-0.4, -0.2) is 41.0 Å². The van der Waals surface area contributed by atoms with Gasteiger partial charge in [0.05, 0.1) is 11.5 Å². The van der Waals surface area contributed by atoms with E-state index in [2.05, 4.69) is 69.9 Å². The van der Waals surface area contributed by atoms with Crippen LogP contribution in [0.5, 0.6) is 0 Å². The summed E-state index contributed by atoms with van der Waals surface area (Å²) in [5, 5.41) is 11.5. The maximum absolute atomic E-state index is 13.2. The molecule has 2 atom stereocenters. The molecule has 1 fully saturated rings. The summed E-state index contributed by atoms with van der Waals surface area (Å²) in [4.78, 5) is 15.5. The lowest BCUT2D eigenvalue weighted by atomic mass is 9.77. The van der Waals surface area contributed by atoms with Gasteiger partial charge in [0.2, 0.25) is 0 Å². The highest BCUT2D eigenvalue weighted by atomic mass is 35.5. The van der Waals surface area contributed by atoms with Gasteiger partial charge in [0.15, 0.2) is 5.78 Å². The zero-order valence-electron chi connectivity index (χ0n) is 19.9. The molecule has 2 aromatic rings. The van der Waals surface area contributed by atoms with E-state index in [1.807, 2.05) is 24.3 Å². The van der Waals surface area contributed by atoms with Gasteiger partial charge in [0.1, 0.15) is 0 Å². The lowest BCUT2D eigenvalue weighted by Crippen LogP contribution is -2.53. The average Bonchev–Trinajstić information content (AvgIpc) is 2.72. The van der Waals surface area contributed by atoms with Crippen LogP contribution in [0.2, 0.25) is 0 Å². The Bertz CT molecular complexity index is 1010. The average molecular weight is 454 g/mol. The van der Waals surface area contributed by atoms with Gasteiger partial charge in [-0.15, -0.1) is 12.4 Å². The second-order valence-corrected chi connectivity index (χ2v) is 8.98. The van der Waals surface area contributed by atoms with Crippen molar-refractivity contribution in [2.24, 2.45) is 5.92 Å². The Morgan fingerprint density at radius 3 is 2.12 bits per heavy atom. The van der Waals surface area contributed by atoms with E-state index in [4.69, 9.17) is 0 Å². The molecular weight excluding hydrogens is 418 g/mol. The fourth-order valence-corrected chi connectivity index (χ4v) is 4.39. The monoisotopic (exact) mass is 453 g/mol. The molecule has 0 bridgehead atoms. The van der Waals surface area contributed by atoms with Gasteiger partial charge in [-0.25, -0.2) is 0 Å². The predicted octanol–water partition coefficient (Wildman–Crippen LogP) is 5.71. The van der Waals surface area contributed by atoms with Crippen LogP contribution in [0.1, 0.15) is 46.7 Å². The molecule has 2 aromatic carbocycles. The highest BCUT2D eigenvalue weighted by Gasteiger charge is 2.42. The summed E-state index contributed by atoms with van der Waals surface area (Å²) in [6, 6.07) is 12.5. The third-order valence-corrected chi connectivity index (χ3v) is 6.49. The highest BCUT2D eigenvalue weighted by Crippen LogP contribution is 2.32. The zero-order valence-corrected chi connectivity index (χ0v) is 20.7. The molecular formula is C28H36ClNO2. The van der Waals surface area contributed by atoms with Crippen molar-refractivity contribution in [3.8, 4) is 0 Å². The number of nitrogens with zero attached hydrogens (tertiary/aromatic N) is 1. The summed E-state index contributed by atoms with van der Waals surface area (Å²) >= 11 is 0. The van der Waals surface area contributed by atoms with Crippen molar-refractivity contribution in [2.75, 3.05) is 19.6 Å². The molecule has 0 aromatic heterocycles. The standard InChI is InChI=1S/C28H35NO2.ClH/c1-6-29-16-15-28(31,14-13-25-10-8-21(3)18-23(25)5)26(19-29)27(30)12-11-24-9-7-20(2)17-22(24)4;/h7-14,17-18,26,31H,6,15-16,19H2,1-5H3;1H/b12-11+,14-13+;. The molecule has 1 aliphatic heterocycles. The topological polar surface area (TPSA) is 40.5 Å². The van der Waals surface area contributed by atoms with E-state index >= 15 is 0 Å². The Morgan fingerprint density at radius 2 is 1.59 bits per heavy atom. The molecule has 172 valence electrons. The molecule has 0 radical (unpaired) electrons. The van der Waals surface area contributed by atoms with E-state index in [9.17, 15) is 9.90 Å². The molecule has 0 saturated carbocycles. The van der Waals surface area contributed by atoms with Crippen LogP contribution in [0.3, 0.4) is 0 Å². The number of rotatable bonds is 6. The minimum absolute atomic E-state index is 0. The van der Waals surface area contributed by atoms with Gasteiger partial charge in [-0.05, 0) is 69.0 Å². The van der Waals surface area contributed by atoms with E-state index in [1.54, 1.807) is 6.08 Å². The molecule has 0 spiro atoms. The third kappa shape index (κ3) is 6.19. The molecule has 1 N–H and O–H groups in total. The van der Waals surface area contributed by atoms with Gasteiger partial charge in [0.25, 0.3) is 0 Å². The van der Waals surface area contributed by atoms with E-state index in [1.165, 1.54) is 16.7 Å².